The molecule has 0 saturated carbocycles. The van der Waals surface area contributed by atoms with Crippen molar-refractivity contribution in [2.45, 2.75) is 39.2 Å². The summed E-state index contributed by atoms with van der Waals surface area (Å²) < 4.78 is 5.04. The summed E-state index contributed by atoms with van der Waals surface area (Å²) in [5, 5.41) is 6.26. The number of anilines is 1. The van der Waals surface area contributed by atoms with Crippen molar-refractivity contribution in [3.63, 3.8) is 0 Å². The molecule has 0 bridgehead atoms. The summed E-state index contributed by atoms with van der Waals surface area (Å²) in [5.74, 6) is 1.20. The minimum absolute atomic E-state index is 0.137. The molecule has 2 amide bonds. The van der Waals surface area contributed by atoms with E-state index in [0.29, 0.717) is 37.8 Å². The number of rotatable bonds is 3. The number of hydrogen-bond donors (Lipinski definition) is 2. The van der Waals surface area contributed by atoms with Gasteiger partial charge in [0.1, 0.15) is 17.3 Å². The van der Waals surface area contributed by atoms with Crippen LogP contribution in [-0.2, 0) is 11.2 Å². The van der Waals surface area contributed by atoms with E-state index in [1.165, 1.54) is 0 Å². The van der Waals surface area contributed by atoms with Crippen molar-refractivity contribution in [3.8, 4) is 0 Å². The maximum Gasteiger partial charge on any atom is 0.409 e. The number of hydrogen-bond acceptors (Lipinski definition) is 6. The Labute approximate surface area is 141 Å². The van der Waals surface area contributed by atoms with E-state index in [1.54, 1.807) is 11.8 Å². The van der Waals surface area contributed by atoms with Crippen molar-refractivity contribution >= 4 is 17.8 Å². The number of piperidine rings is 1. The molecular formula is C16H23N5O3. The molecule has 130 valence electrons. The van der Waals surface area contributed by atoms with Gasteiger partial charge in [-0.1, -0.05) is 0 Å². The molecule has 1 fully saturated rings. The van der Waals surface area contributed by atoms with Crippen LogP contribution in [0.5, 0.6) is 0 Å². The van der Waals surface area contributed by atoms with Crippen molar-refractivity contribution in [2.24, 2.45) is 0 Å². The van der Waals surface area contributed by atoms with E-state index in [9.17, 15) is 9.59 Å². The Bertz CT molecular complexity index is 641. The summed E-state index contributed by atoms with van der Waals surface area (Å²) in [6.07, 6.45) is 2.12. The topological polar surface area (TPSA) is 96.4 Å². The SMILES string of the molecule is CCOC(=O)N1CCC(Nc2nc(C)nc3c2CCNC3=O)CC1. The molecular weight excluding hydrogens is 310 g/mol. The predicted molar refractivity (Wildman–Crippen MR) is 88.0 cm³/mol. The standard InChI is InChI=1S/C16H23N5O3/c1-3-24-16(23)21-8-5-11(6-9-21)20-14-12-4-7-17-15(22)13(12)18-10(2)19-14/h11H,3-9H2,1-2H3,(H,17,22)(H,18,19,20). The van der Waals surface area contributed by atoms with Crippen LogP contribution in [-0.4, -0.2) is 59.2 Å². The molecule has 8 nitrogen and oxygen atoms in total. The van der Waals surface area contributed by atoms with Crippen LogP contribution < -0.4 is 10.6 Å². The van der Waals surface area contributed by atoms with Gasteiger partial charge in [0.15, 0.2) is 0 Å². The minimum atomic E-state index is -0.247. The molecule has 1 aromatic heterocycles. The van der Waals surface area contributed by atoms with E-state index in [2.05, 4.69) is 20.6 Å². The maximum atomic E-state index is 12.0. The first-order chi connectivity index (χ1) is 11.6. The number of nitrogens with zero attached hydrogens (tertiary/aromatic N) is 3. The third-order valence-corrected chi connectivity index (χ3v) is 4.36. The zero-order valence-corrected chi connectivity index (χ0v) is 14.1. The van der Waals surface area contributed by atoms with Crippen molar-refractivity contribution in [1.29, 1.82) is 0 Å². The highest BCUT2D eigenvalue weighted by Gasteiger charge is 2.27. The van der Waals surface area contributed by atoms with Gasteiger partial charge in [-0.15, -0.1) is 0 Å². The van der Waals surface area contributed by atoms with Gasteiger partial charge in [-0.2, -0.15) is 0 Å². The average molecular weight is 333 g/mol. The second kappa shape index (κ2) is 7.02. The van der Waals surface area contributed by atoms with Crippen LogP contribution in [0.25, 0.3) is 0 Å². The van der Waals surface area contributed by atoms with Gasteiger partial charge in [-0.25, -0.2) is 14.8 Å². The number of carbonyl (C=O) groups excluding carboxylic acids is 2. The van der Waals surface area contributed by atoms with Crippen LogP contribution in [0.1, 0.15) is 41.6 Å². The van der Waals surface area contributed by atoms with Crippen molar-refractivity contribution < 1.29 is 14.3 Å². The molecule has 0 spiro atoms. The average Bonchev–Trinajstić information content (AvgIpc) is 2.57. The third-order valence-electron chi connectivity index (χ3n) is 4.36. The van der Waals surface area contributed by atoms with Crippen LogP contribution in [0, 0.1) is 6.92 Å². The fraction of sp³-hybridized carbons (Fsp3) is 0.625. The molecule has 2 N–H and O–H groups in total. The number of amides is 2. The van der Waals surface area contributed by atoms with E-state index in [0.717, 1.165) is 30.6 Å². The Morgan fingerprint density at radius 2 is 2.12 bits per heavy atom. The van der Waals surface area contributed by atoms with Gasteiger partial charge in [0, 0.05) is 31.2 Å². The van der Waals surface area contributed by atoms with E-state index in [-0.39, 0.29) is 18.0 Å². The molecule has 1 saturated heterocycles. The Morgan fingerprint density at radius 3 is 2.83 bits per heavy atom. The smallest absolute Gasteiger partial charge is 0.409 e. The molecule has 3 heterocycles. The van der Waals surface area contributed by atoms with E-state index in [4.69, 9.17) is 4.74 Å². The van der Waals surface area contributed by atoms with Gasteiger partial charge >= 0.3 is 6.09 Å². The van der Waals surface area contributed by atoms with Crippen molar-refractivity contribution in [3.05, 3.63) is 17.1 Å². The van der Waals surface area contributed by atoms with Gasteiger partial charge in [-0.05, 0) is 33.1 Å². The normalized spacial score (nSPS) is 17.9. The van der Waals surface area contributed by atoms with Crippen molar-refractivity contribution in [1.82, 2.24) is 20.2 Å². The number of carbonyl (C=O) groups is 2. The summed E-state index contributed by atoms with van der Waals surface area (Å²) in [6.45, 7) is 5.91. The predicted octanol–water partition coefficient (Wildman–Crippen LogP) is 1.10. The van der Waals surface area contributed by atoms with Gasteiger partial charge in [0.05, 0.1) is 6.61 Å². The summed E-state index contributed by atoms with van der Waals surface area (Å²) in [4.78, 5) is 34.2. The van der Waals surface area contributed by atoms with E-state index in [1.807, 2.05) is 6.92 Å². The zero-order chi connectivity index (χ0) is 17.1. The first kappa shape index (κ1) is 16.5. The van der Waals surface area contributed by atoms with Gasteiger partial charge in [-0.3, -0.25) is 4.79 Å². The molecule has 0 radical (unpaired) electrons. The molecule has 8 heteroatoms. The lowest BCUT2D eigenvalue weighted by Crippen LogP contribution is -2.43. The van der Waals surface area contributed by atoms with E-state index >= 15 is 0 Å². The van der Waals surface area contributed by atoms with Gasteiger partial charge in [0.2, 0.25) is 0 Å². The third kappa shape index (κ3) is 3.42. The number of aromatic nitrogens is 2. The molecule has 0 atom stereocenters. The first-order valence-electron chi connectivity index (χ1n) is 8.42. The minimum Gasteiger partial charge on any atom is -0.450 e. The monoisotopic (exact) mass is 333 g/mol. The lowest BCUT2D eigenvalue weighted by molar-refractivity contribution is 0.0937. The fourth-order valence-electron chi connectivity index (χ4n) is 3.14. The maximum absolute atomic E-state index is 12.0. The van der Waals surface area contributed by atoms with Gasteiger partial charge < -0.3 is 20.3 Å². The first-order valence-corrected chi connectivity index (χ1v) is 8.42. The highest BCUT2D eigenvalue weighted by molar-refractivity contribution is 5.96. The molecule has 0 aromatic carbocycles. The van der Waals surface area contributed by atoms with Gasteiger partial charge in [0.25, 0.3) is 5.91 Å². The Balaban J connectivity index is 1.67. The molecule has 1 aromatic rings. The second-order valence-corrected chi connectivity index (χ2v) is 6.06. The molecule has 0 unspecified atom stereocenters. The number of aryl methyl sites for hydroxylation is 1. The second-order valence-electron chi connectivity index (χ2n) is 6.06. The van der Waals surface area contributed by atoms with Crippen LogP contribution in [0.4, 0.5) is 10.6 Å². The Hall–Kier alpha value is -2.38. The molecule has 2 aliphatic heterocycles. The lowest BCUT2D eigenvalue weighted by Gasteiger charge is -2.32. The summed E-state index contributed by atoms with van der Waals surface area (Å²) in [5.41, 5.74) is 1.36. The molecule has 0 aliphatic carbocycles. The van der Waals surface area contributed by atoms with Crippen molar-refractivity contribution in [2.75, 3.05) is 31.6 Å². The van der Waals surface area contributed by atoms with Crippen LogP contribution in [0.15, 0.2) is 0 Å². The molecule has 2 aliphatic rings. The summed E-state index contributed by atoms with van der Waals surface area (Å²) in [6, 6.07) is 0.221. The summed E-state index contributed by atoms with van der Waals surface area (Å²) >= 11 is 0. The van der Waals surface area contributed by atoms with Crippen LogP contribution in [0.3, 0.4) is 0 Å². The van der Waals surface area contributed by atoms with Crippen LogP contribution in [0.2, 0.25) is 0 Å². The number of nitrogens with one attached hydrogen (secondary N) is 2. The number of likely N-dealkylation sites (tertiary alicyclic amines) is 1. The quantitative estimate of drug-likeness (QED) is 0.860. The van der Waals surface area contributed by atoms with Crippen LogP contribution >= 0.6 is 0 Å². The Morgan fingerprint density at radius 1 is 1.38 bits per heavy atom. The summed E-state index contributed by atoms with van der Waals surface area (Å²) in [7, 11) is 0. The largest absolute Gasteiger partial charge is 0.450 e. The fourth-order valence-corrected chi connectivity index (χ4v) is 3.14. The lowest BCUT2D eigenvalue weighted by atomic mass is 10.0. The molecule has 3 rings (SSSR count). The highest BCUT2D eigenvalue weighted by Crippen LogP contribution is 2.23. The number of ether oxygens (including phenoxy) is 1. The number of fused-ring (bicyclic) bond motifs is 1. The molecule has 24 heavy (non-hydrogen) atoms. The highest BCUT2D eigenvalue weighted by atomic mass is 16.6. The van der Waals surface area contributed by atoms with E-state index < -0.39 is 0 Å². The Kier molecular flexibility index (Phi) is 4.82. The zero-order valence-electron chi connectivity index (χ0n) is 14.1.